The Morgan fingerprint density at radius 2 is 2.35 bits per heavy atom. The largest absolute Gasteiger partial charge is 0.395 e. The van der Waals surface area contributed by atoms with Gasteiger partial charge in [-0.2, -0.15) is 0 Å². The summed E-state index contributed by atoms with van der Waals surface area (Å²) in [4.78, 5) is 2.22. The maximum absolute atomic E-state index is 14.1. The zero-order valence-electron chi connectivity index (χ0n) is 11.7. The molecule has 1 fully saturated rings. The normalized spacial score (nSPS) is 19.4. The van der Waals surface area contributed by atoms with E-state index in [1.807, 2.05) is 6.07 Å². The number of hydrogen-bond donors (Lipinski definition) is 1. The molecular formula is C16H20FNO2. The molecular weight excluding hydrogens is 257 g/mol. The molecule has 1 heterocycles. The summed E-state index contributed by atoms with van der Waals surface area (Å²) < 4.78 is 19.4. The summed E-state index contributed by atoms with van der Waals surface area (Å²) in [7, 11) is 0. The lowest BCUT2D eigenvalue weighted by Gasteiger charge is -2.33. The average molecular weight is 277 g/mol. The van der Waals surface area contributed by atoms with Crippen molar-refractivity contribution < 1.29 is 14.2 Å². The van der Waals surface area contributed by atoms with Gasteiger partial charge < -0.3 is 9.84 Å². The smallest absolute Gasteiger partial charge is 0.128 e. The molecule has 1 aliphatic rings. The summed E-state index contributed by atoms with van der Waals surface area (Å²) >= 11 is 0. The summed E-state index contributed by atoms with van der Waals surface area (Å²) in [5.74, 6) is 5.41. The van der Waals surface area contributed by atoms with Gasteiger partial charge in [0.25, 0.3) is 0 Å². The van der Waals surface area contributed by atoms with Crippen molar-refractivity contribution in [2.75, 3.05) is 26.4 Å². The van der Waals surface area contributed by atoms with Gasteiger partial charge >= 0.3 is 0 Å². The lowest BCUT2D eigenvalue weighted by atomic mass is 10.1. The third-order valence-electron chi connectivity index (χ3n) is 3.40. The number of aliphatic hydroxyl groups is 1. The van der Waals surface area contributed by atoms with Crippen LogP contribution >= 0.6 is 0 Å². The first-order valence-corrected chi connectivity index (χ1v) is 6.90. The van der Waals surface area contributed by atoms with E-state index in [1.54, 1.807) is 6.07 Å². The number of morpholine rings is 1. The molecule has 108 valence electrons. The van der Waals surface area contributed by atoms with Crippen LogP contribution in [0.3, 0.4) is 0 Å². The van der Waals surface area contributed by atoms with E-state index in [0.29, 0.717) is 43.3 Å². The number of halogens is 1. The van der Waals surface area contributed by atoms with Gasteiger partial charge in [0.05, 0.1) is 19.8 Å². The molecule has 1 saturated heterocycles. The molecule has 20 heavy (non-hydrogen) atoms. The maximum atomic E-state index is 14.1. The van der Waals surface area contributed by atoms with E-state index in [0.717, 1.165) is 6.54 Å². The zero-order chi connectivity index (χ0) is 14.4. The topological polar surface area (TPSA) is 32.7 Å². The van der Waals surface area contributed by atoms with Gasteiger partial charge in [0.15, 0.2) is 0 Å². The quantitative estimate of drug-likeness (QED) is 0.855. The van der Waals surface area contributed by atoms with Crippen molar-refractivity contribution in [1.29, 1.82) is 0 Å². The van der Waals surface area contributed by atoms with Gasteiger partial charge in [-0.25, -0.2) is 4.39 Å². The number of aliphatic hydroxyl groups excluding tert-OH is 1. The summed E-state index contributed by atoms with van der Waals surface area (Å²) in [5.41, 5.74) is 1.33. The Hall–Kier alpha value is -1.41. The lowest BCUT2D eigenvalue weighted by molar-refractivity contribution is -0.00480. The number of benzene rings is 1. The van der Waals surface area contributed by atoms with Gasteiger partial charge in [-0.3, -0.25) is 4.90 Å². The molecule has 1 aliphatic heterocycles. The standard InChI is InChI=1S/C16H20FNO2/c1-13-12-20-9-7-18(13)11-15-6-5-14(10-16(15)17)4-2-3-8-19/h5-6,10,13,19H,3,7-9,11-12H2,1H3. The second-order valence-corrected chi connectivity index (χ2v) is 4.98. The Morgan fingerprint density at radius 1 is 1.50 bits per heavy atom. The van der Waals surface area contributed by atoms with Crippen LogP contribution in [0.15, 0.2) is 18.2 Å². The number of ether oxygens (including phenoxy) is 1. The predicted molar refractivity (Wildman–Crippen MR) is 75.7 cm³/mol. The highest BCUT2D eigenvalue weighted by Gasteiger charge is 2.19. The molecule has 0 saturated carbocycles. The molecule has 2 rings (SSSR count). The molecule has 1 atom stereocenters. The van der Waals surface area contributed by atoms with Crippen LogP contribution in [0.5, 0.6) is 0 Å². The van der Waals surface area contributed by atoms with Gasteiger partial charge in [-0.15, -0.1) is 0 Å². The van der Waals surface area contributed by atoms with Crippen molar-refractivity contribution >= 4 is 0 Å². The van der Waals surface area contributed by atoms with E-state index in [4.69, 9.17) is 9.84 Å². The summed E-state index contributed by atoms with van der Waals surface area (Å²) in [6.07, 6.45) is 0.411. The fourth-order valence-electron chi connectivity index (χ4n) is 2.19. The fraction of sp³-hybridized carbons (Fsp3) is 0.500. The third kappa shape index (κ3) is 4.04. The Balaban J connectivity index is 2.04. The Labute approximate surface area is 119 Å². The van der Waals surface area contributed by atoms with Crippen LogP contribution in [-0.2, 0) is 11.3 Å². The minimum atomic E-state index is -0.223. The molecule has 0 aromatic heterocycles. The Kier molecular flexibility index (Phi) is 5.54. The van der Waals surface area contributed by atoms with Gasteiger partial charge in [0.1, 0.15) is 5.82 Å². The Bertz CT molecular complexity index is 507. The summed E-state index contributed by atoms with van der Waals surface area (Å²) in [6.45, 7) is 4.96. The highest BCUT2D eigenvalue weighted by molar-refractivity contribution is 5.37. The van der Waals surface area contributed by atoms with Crippen molar-refractivity contribution in [3.63, 3.8) is 0 Å². The monoisotopic (exact) mass is 277 g/mol. The minimum absolute atomic E-state index is 0.0302. The van der Waals surface area contributed by atoms with Crippen LogP contribution in [0.25, 0.3) is 0 Å². The van der Waals surface area contributed by atoms with Gasteiger partial charge in [0.2, 0.25) is 0 Å². The van der Waals surface area contributed by atoms with E-state index in [1.165, 1.54) is 6.07 Å². The van der Waals surface area contributed by atoms with Crippen LogP contribution in [0, 0.1) is 17.7 Å². The second kappa shape index (κ2) is 7.39. The van der Waals surface area contributed by atoms with Gasteiger partial charge in [-0.05, 0) is 19.1 Å². The van der Waals surface area contributed by atoms with Crippen molar-refractivity contribution in [2.24, 2.45) is 0 Å². The SMILES string of the molecule is CC1COCCN1Cc1ccc(C#CCCO)cc1F. The molecule has 4 heteroatoms. The molecule has 0 spiro atoms. The summed E-state index contributed by atoms with van der Waals surface area (Å²) in [5, 5.41) is 8.66. The van der Waals surface area contributed by atoms with Crippen LogP contribution in [-0.4, -0.2) is 42.4 Å². The van der Waals surface area contributed by atoms with Crippen molar-refractivity contribution in [2.45, 2.75) is 25.9 Å². The number of nitrogens with zero attached hydrogens (tertiary/aromatic N) is 1. The third-order valence-corrected chi connectivity index (χ3v) is 3.40. The first-order chi connectivity index (χ1) is 9.70. The first-order valence-electron chi connectivity index (χ1n) is 6.90. The highest BCUT2D eigenvalue weighted by atomic mass is 19.1. The number of rotatable bonds is 3. The second-order valence-electron chi connectivity index (χ2n) is 4.98. The first kappa shape index (κ1) is 15.0. The van der Waals surface area contributed by atoms with Crippen molar-refractivity contribution in [3.8, 4) is 11.8 Å². The van der Waals surface area contributed by atoms with Crippen molar-refractivity contribution in [3.05, 3.63) is 35.1 Å². The van der Waals surface area contributed by atoms with Crippen LogP contribution < -0.4 is 0 Å². The van der Waals surface area contributed by atoms with E-state index in [-0.39, 0.29) is 12.4 Å². The van der Waals surface area contributed by atoms with Crippen LogP contribution in [0.2, 0.25) is 0 Å². The maximum Gasteiger partial charge on any atom is 0.128 e. The van der Waals surface area contributed by atoms with E-state index in [2.05, 4.69) is 23.7 Å². The molecule has 1 N–H and O–H groups in total. The highest BCUT2D eigenvalue weighted by Crippen LogP contribution is 2.16. The van der Waals surface area contributed by atoms with Gasteiger partial charge in [0, 0.05) is 36.7 Å². The molecule has 0 bridgehead atoms. The molecule has 3 nitrogen and oxygen atoms in total. The Morgan fingerprint density at radius 3 is 3.05 bits per heavy atom. The molecule has 1 unspecified atom stereocenters. The van der Waals surface area contributed by atoms with Gasteiger partial charge in [-0.1, -0.05) is 17.9 Å². The molecule has 0 amide bonds. The lowest BCUT2D eigenvalue weighted by Crippen LogP contribution is -2.43. The average Bonchev–Trinajstić information content (AvgIpc) is 2.44. The van der Waals surface area contributed by atoms with Crippen molar-refractivity contribution in [1.82, 2.24) is 4.90 Å². The van der Waals surface area contributed by atoms with Crippen LogP contribution in [0.4, 0.5) is 4.39 Å². The molecule has 1 aromatic rings. The molecule has 1 aromatic carbocycles. The van der Waals surface area contributed by atoms with E-state index >= 15 is 0 Å². The molecule has 0 aliphatic carbocycles. The fourth-order valence-corrected chi connectivity index (χ4v) is 2.19. The molecule has 0 radical (unpaired) electrons. The van der Waals surface area contributed by atoms with E-state index < -0.39 is 0 Å². The van der Waals surface area contributed by atoms with E-state index in [9.17, 15) is 4.39 Å². The summed E-state index contributed by atoms with van der Waals surface area (Å²) in [6, 6.07) is 5.39. The zero-order valence-corrected chi connectivity index (χ0v) is 11.7. The number of hydrogen-bond acceptors (Lipinski definition) is 3. The minimum Gasteiger partial charge on any atom is -0.395 e. The predicted octanol–water partition coefficient (Wildman–Crippen LogP) is 1.78. The van der Waals surface area contributed by atoms with Crippen LogP contribution in [0.1, 0.15) is 24.5 Å².